The molecule has 29 heavy (non-hydrogen) atoms. The molecule has 2 aromatic rings. The van der Waals surface area contributed by atoms with Crippen molar-refractivity contribution < 1.29 is 24.2 Å². The van der Waals surface area contributed by atoms with Crippen molar-refractivity contribution >= 4 is 17.7 Å². The Kier molecular flexibility index (Phi) is 7.15. The summed E-state index contributed by atoms with van der Waals surface area (Å²) < 4.78 is 5.20. The second-order valence-corrected chi connectivity index (χ2v) is 7.42. The first kappa shape index (κ1) is 22.1. The van der Waals surface area contributed by atoms with Gasteiger partial charge in [-0.15, -0.1) is 0 Å². The number of ether oxygens (including phenoxy) is 1. The molecule has 2 rings (SSSR count). The van der Waals surface area contributed by atoms with E-state index in [1.165, 1.54) is 7.11 Å². The van der Waals surface area contributed by atoms with Crippen LogP contribution in [0.2, 0.25) is 0 Å². The van der Waals surface area contributed by atoms with Crippen LogP contribution in [0.4, 0.5) is 0 Å². The fourth-order valence-corrected chi connectivity index (χ4v) is 3.26. The molecule has 0 aliphatic carbocycles. The summed E-state index contributed by atoms with van der Waals surface area (Å²) in [7, 11) is 1.52. The molecule has 0 aromatic heterocycles. The van der Waals surface area contributed by atoms with Gasteiger partial charge in [-0.1, -0.05) is 29.8 Å². The van der Waals surface area contributed by atoms with E-state index >= 15 is 0 Å². The van der Waals surface area contributed by atoms with Gasteiger partial charge in [-0.2, -0.15) is 0 Å². The lowest BCUT2D eigenvalue weighted by atomic mass is 9.88. The molecule has 0 spiro atoms. The number of carboxylic acid groups (broad SMARTS) is 1. The van der Waals surface area contributed by atoms with E-state index in [4.69, 9.17) is 4.74 Å². The number of amides is 1. The maximum Gasteiger partial charge on any atom is 0.306 e. The summed E-state index contributed by atoms with van der Waals surface area (Å²) in [6.45, 7) is 5.42. The Balaban J connectivity index is 2.12. The van der Waals surface area contributed by atoms with Crippen LogP contribution < -0.4 is 10.1 Å². The van der Waals surface area contributed by atoms with E-state index in [-0.39, 0.29) is 31.0 Å². The number of hydrogen-bond donors (Lipinski definition) is 2. The number of aryl methyl sites for hydroxylation is 2. The average Bonchev–Trinajstić information content (AvgIpc) is 2.67. The number of rotatable bonds is 9. The maximum absolute atomic E-state index is 12.6. The lowest BCUT2D eigenvalue weighted by molar-refractivity contribution is -0.139. The highest BCUT2D eigenvalue weighted by molar-refractivity contribution is 5.99. The smallest absolute Gasteiger partial charge is 0.306 e. The molecule has 1 unspecified atom stereocenters. The van der Waals surface area contributed by atoms with Gasteiger partial charge in [0.25, 0.3) is 0 Å². The van der Waals surface area contributed by atoms with Crippen molar-refractivity contribution in [2.45, 2.75) is 45.6 Å². The molecule has 0 aliphatic rings. The summed E-state index contributed by atoms with van der Waals surface area (Å²) in [6, 6.07) is 12.6. The van der Waals surface area contributed by atoms with Gasteiger partial charge in [0.15, 0.2) is 5.78 Å². The van der Waals surface area contributed by atoms with Crippen LogP contribution >= 0.6 is 0 Å². The van der Waals surface area contributed by atoms with Crippen LogP contribution in [0.1, 0.15) is 53.2 Å². The molecule has 0 heterocycles. The SMILES string of the molecule is COc1cccc(C(C)(CC(=O)O)NC(=O)CCC(=O)c2cc(C)ccc2C)c1. The molecular weight excluding hydrogens is 370 g/mol. The van der Waals surface area contributed by atoms with E-state index in [2.05, 4.69) is 5.32 Å². The molecule has 0 fully saturated rings. The number of carbonyl (C=O) groups is 3. The Labute approximate surface area is 170 Å². The molecule has 6 nitrogen and oxygen atoms in total. The molecular formula is C23H27NO5. The lowest BCUT2D eigenvalue weighted by Gasteiger charge is -2.30. The molecule has 0 saturated heterocycles. The van der Waals surface area contributed by atoms with Crippen molar-refractivity contribution in [2.75, 3.05) is 7.11 Å². The van der Waals surface area contributed by atoms with Crippen molar-refractivity contribution in [3.63, 3.8) is 0 Å². The zero-order valence-corrected chi connectivity index (χ0v) is 17.2. The van der Waals surface area contributed by atoms with Crippen LogP contribution in [0.5, 0.6) is 5.75 Å². The molecule has 0 radical (unpaired) electrons. The average molecular weight is 397 g/mol. The maximum atomic E-state index is 12.6. The van der Waals surface area contributed by atoms with E-state index in [1.54, 1.807) is 31.2 Å². The highest BCUT2D eigenvalue weighted by atomic mass is 16.5. The largest absolute Gasteiger partial charge is 0.497 e. The summed E-state index contributed by atoms with van der Waals surface area (Å²) in [5, 5.41) is 12.1. The van der Waals surface area contributed by atoms with Gasteiger partial charge in [0.2, 0.25) is 5.91 Å². The van der Waals surface area contributed by atoms with Gasteiger partial charge in [0.05, 0.1) is 19.1 Å². The van der Waals surface area contributed by atoms with Gasteiger partial charge in [-0.05, 0) is 50.1 Å². The molecule has 154 valence electrons. The highest BCUT2D eigenvalue weighted by Crippen LogP contribution is 2.28. The number of hydrogen-bond acceptors (Lipinski definition) is 4. The molecule has 6 heteroatoms. The normalized spacial score (nSPS) is 12.7. The van der Waals surface area contributed by atoms with Crippen molar-refractivity contribution in [3.8, 4) is 5.75 Å². The number of Topliss-reactive ketones (excluding diaryl/α,β-unsaturated/α-hetero) is 1. The first-order chi connectivity index (χ1) is 13.6. The van der Waals surface area contributed by atoms with E-state index in [0.717, 1.165) is 11.1 Å². The predicted molar refractivity (Wildman–Crippen MR) is 110 cm³/mol. The number of benzene rings is 2. The topological polar surface area (TPSA) is 92.7 Å². The summed E-state index contributed by atoms with van der Waals surface area (Å²) in [6.07, 6.45) is -0.264. The van der Waals surface area contributed by atoms with E-state index in [9.17, 15) is 19.5 Å². The van der Waals surface area contributed by atoms with Gasteiger partial charge in [-0.3, -0.25) is 14.4 Å². The van der Waals surface area contributed by atoms with Crippen LogP contribution in [0.25, 0.3) is 0 Å². The molecule has 1 amide bonds. The summed E-state index contributed by atoms with van der Waals surface area (Å²) in [5.41, 5.74) is 1.95. The van der Waals surface area contributed by atoms with Crippen molar-refractivity contribution in [3.05, 3.63) is 64.7 Å². The Hall–Kier alpha value is -3.15. The third-order valence-electron chi connectivity index (χ3n) is 4.90. The Morgan fingerprint density at radius 2 is 1.79 bits per heavy atom. The monoisotopic (exact) mass is 397 g/mol. The van der Waals surface area contributed by atoms with E-state index in [1.807, 2.05) is 32.0 Å². The molecule has 0 saturated carbocycles. The minimum atomic E-state index is -1.13. The predicted octanol–water partition coefficient (Wildman–Crippen LogP) is 3.78. The molecule has 0 bridgehead atoms. The van der Waals surface area contributed by atoms with Crippen molar-refractivity contribution in [1.82, 2.24) is 5.32 Å². The quantitative estimate of drug-likeness (QED) is 0.628. The van der Waals surface area contributed by atoms with Gasteiger partial charge < -0.3 is 15.2 Å². The van der Waals surface area contributed by atoms with Crippen LogP contribution in [-0.2, 0) is 15.1 Å². The summed E-state index contributed by atoms with van der Waals surface area (Å²) >= 11 is 0. The van der Waals surface area contributed by atoms with Gasteiger partial charge in [-0.25, -0.2) is 0 Å². The second kappa shape index (κ2) is 9.37. The third-order valence-corrected chi connectivity index (χ3v) is 4.90. The van der Waals surface area contributed by atoms with Gasteiger partial charge in [0.1, 0.15) is 5.75 Å². The Morgan fingerprint density at radius 1 is 1.07 bits per heavy atom. The molecule has 2 aromatic carbocycles. The third kappa shape index (κ3) is 5.91. The van der Waals surface area contributed by atoms with E-state index in [0.29, 0.717) is 16.9 Å². The zero-order chi connectivity index (χ0) is 21.6. The molecule has 0 aliphatic heterocycles. The lowest BCUT2D eigenvalue weighted by Crippen LogP contribution is -2.45. The highest BCUT2D eigenvalue weighted by Gasteiger charge is 2.32. The second-order valence-electron chi connectivity index (χ2n) is 7.42. The van der Waals surface area contributed by atoms with Crippen LogP contribution in [0, 0.1) is 13.8 Å². The number of carbonyl (C=O) groups excluding carboxylic acids is 2. The van der Waals surface area contributed by atoms with Crippen LogP contribution in [0.3, 0.4) is 0 Å². The van der Waals surface area contributed by atoms with Crippen molar-refractivity contribution in [1.29, 1.82) is 0 Å². The standard InChI is InChI=1S/C23H27NO5/c1-15-8-9-16(2)19(12-15)20(25)10-11-21(26)24-23(3,14-22(27)28)17-6-5-7-18(13-17)29-4/h5-9,12-13H,10-11,14H2,1-4H3,(H,24,26)(H,27,28). The first-order valence-electron chi connectivity index (χ1n) is 9.42. The van der Waals surface area contributed by atoms with Gasteiger partial charge in [0, 0.05) is 18.4 Å². The Morgan fingerprint density at radius 3 is 2.45 bits per heavy atom. The number of nitrogens with one attached hydrogen (secondary N) is 1. The van der Waals surface area contributed by atoms with Crippen LogP contribution in [0.15, 0.2) is 42.5 Å². The number of aliphatic carboxylic acids is 1. The number of carboxylic acids is 1. The summed E-state index contributed by atoms with van der Waals surface area (Å²) in [4.78, 5) is 36.5. The van der Waals surface area contributed by atoms with Gasteiger partial charge >= 0.3 is 5.97 Å². The first-order valence-corrected chi connectivity index (χ1v) is 9.42. The van der Waals surface area contributed by atoms with Crippen molar-refractivity contribution in [2.24, 2.45) is 0 Å². The zero-order valence-electron chi connectivity index (χ0n) is 17.2. The summed E-state index contributed by atoms with van der Waals surface area (Å²) in [5.74, 6) is -0.960. The number of ketones is 1. The fraction of sp³-hybridized carbons (Fsp3) is 0.348. The minimum Gasteiger partial charge on any atom is -0.497 e. The Bertz CT molecular complexity index is 921. The van der Waals surface area contributed by atoms with E-state index < -0.39 is 11.5 Å². The molecule has 2 N–H and O–H groups in total. The van der Waals surface area contributed by atoms with Crippen LogP contribution in [-0.4, -0.2) is 29.9 Å². The number of methoxy groups -OCH3 is 1. The fourth-order valence-electron chi connectivity index (χ4n) is 3.26. The minimum absolute atomic E-state index is 0.0224. The molecule has 1 atom stereocenters.